The zero-order valence-electron chi connectivity index (χ0n) is 16.4. The molecule has 0 heterocycles. The lowest BCUT2D eigenvalue weighted by atomic mass is 10.0. The minimum Gasteiger partial charge on any atom is -0.350 e. The first-order valence-corrected chi connectivity index (χ1v) is 9.75. The van der Waals surface area contributed by atoms with E-state index in [-0.39, 0.29) is 17.9 Å². The second-order valence-electron chi connectivity index (χ2n) is 7.01. The summed E-state index contributed by atoms with van der Waals surface area (Å²) in [6.07, 6.45) is 1.86. The largest absolute Gasteiger partial charge is 0.350 e. The summed E-state index contributed by atoms with van der Waals surface area (Å²) in [7, 11) is 0. The van der Waals surface area contributed by atoms with Gasteiger partial charge in [0, 0.05) is 12.5 Å². The molecule has 4 heteroatoms. The molecule has 0 aliphatic heterocycles. The van der Waals surface area contributed by atoms with Crippen molar-refractivity contribution in [3.63, 3.8) is 0 Å². The van der Waals surface area contributed by atoms with Crippen LogP contribution in [-0.2, 0) is 11.2 Å². The molecule has 2 N–H and O–H groups in total. The van der Waals surface area contributed by atoms with Gasteiger partial charge in [-0.3, -0.25) is 9.59 Å². The van der Waals surface area contributed by atoms with E-state index in [2.05, 4.69) is 34.9 Å². The van der Waals surface area contributed by atoms with Crippen molar-refractivity contribution in [2.24, 2.45) is 0 Å². The number of amides is 2. The number of fused-ring (bicyclic) bond motifs is 1. The maximum absolute atomic E-state index is 12.5. The van der Waals surface area contributed by atoms with Crippen LogP contribution in [0.2, 0.25) is 0 Å². The first-order chi connectivity index (χ1) is 13.6. The number of aryl methyl sites for hydroxylation is 1. The van der Waals surface area contributed by atoms with Crippen molar-refractivity contribution in [2.75, 3.05) is 5.32 Å². The SMILES string of the molecule is CCC(C)NC(=O)c1ccccc1NC(=O)CCc1cccc2ccccc12. The van der Waals surface area contributed by atoms with Gasteiger partial charge in [-0.05, 0) is 48.2 Å². The van der Waals surface area contributed by atoms with Crippen LogP contribution >= 0.6 is 0 Å². The van der Waals surface area contributed by atoms with E-state index in [0.29, 0.717) is 24.1 Å². The molecule has 0 fully saturated rings. The lowest BCUT2D eigenvalue weighted by Crippen LogP contribution is -2.32. The Bertz CT molecular complexity index is 976. The predicted molar refractivity (Wildman–Crippen MR) is 115 cm³/mol. The van der Waals surface area contributed by atoms with Gasteiger partial charge in [0.1, 0.15) is 0 Å². The van der Waals surface area contributed by atoms with Crippen molar-refractivity contribution in [1.29, 1.82) is 0 Å². The molecule has 144 valence electrons. The number of para-hydroxylation sites is 1. The van der Waals surface area contributed by atoms with Gasteiger partial charge in [-0.15, -0.1) is 0 Å². The molecule has 0 bridgehead atoms. The van der Waals surface area contributed by atoms with Crippen LogP contribution in [0.5, 0.6) is 0 Å². The molecule has 0 aliphatic rings. The molecule has 3 aromatic rings. The standard InChI is InChI=1S/C24H26N2O2/c1-3-17(2)25-24(28)21-13-6-7-14-22(21)26-23(27)16-15-19-11-8-10-18-9-4-5-12-20(18)19/h4-14,17H,3,15-16H2,1-2H3,(H,25,28)(H,26,27). The first-order valence-electron chi connectivity index (χ1n) is 9.75. The van der Waals surface area contributed by atoms with Gasteiger partial charge >= 0.3 is 0 Å². The molecular formula is C24H26N2O2. The zero-order chi connectivity index (χ0) is 19.9. The minimum atomic E-state index is -0.167. The average molecular weight is 374 g/mol. The normalized spacial score (nSPS) is 11.8. The van der Waals surface area contributed by atoms with E-state index in [4.69, 9.17) is 0 Å². The van der Waals surface area contributed by atoms with Gasteiger partial charge in [0.25, 0.3) is 5.91 Å². The third-order valence-electron chi connectivity index (χ3n) is 4.94. The van der Waals surface area contributed by atoms with E-state index < -0.39 is 0 Å². The number of anilines is 1. The Morgan fingerprint density at radius 3 is 2.46 bits per heavy atom. The molecule has 2 amide bonds. The molecule has 0 radical (unpaired) electrons. The molecule has 0 spiro atoms. The molecule has 3 rings (SSSR count). The second kappa shape index (κ2) is 9.18. The monoisotopic (exact) mass is 374 g/mol. The van der Waals surface area contributed by atoms with Crippen LogP contribution in [0, 0.1) is 0 Å². The van der Waals surface area contributed by atoms with E-state index in [9.17, 15) is 9.59 Å². The molecule has 0 saturated carbocycles. The predicted octanol–water partition coefficient (Wildman–Crippen LogP) is 4.94. The van der Waals surface area contributed by atoms with Crippen LogP contribution in [0.3, 0.4) is 0 Å². The summed E-state index contributed by atoms with van der Waals surface area (Å²) in [5.74, 6) is -0.268. The topological polar surface area (TPSA) is 58.2 Å². The van der Waals surface area contributed by atoms with Crippen LogP contribution in [0.1, 0.15) is 42.6 Å². The van der Waals surface area contributed by atoms with Crippen molar-refractivity contribution in [1.82, 2.24) is 5.32 Å². The highest BCUT2D eigenvalue weighted by molar-refractivity contribution is 6.04. The third kappa shape index (κ3) is 4.77. The van der Waals surface area contributed by atoms with E-state index in [1.165, 1.54) is 10.8 Å². The molecular weight excluding hydrogens is 348 g/mol. The van der Waals surface area contributed by atoms with Gasteiger partial charge in [-0.2, -0.15) is 0 Å². The molecule has 4 nitrogen and oxygen atoms in total. The fraction of sp³-hybridized carbons (Fsp3) is 0.250. The Morgan fingerprint density at radius 2 is 1.64 bits per heavy atom. The van der Waals surface area contributed by atoms with Crippen LogP contribution < -0.4 is 10.6 Å². The van der Waals surface area contributed by atoms with Crippen molar-refractivity contribution in [2.45, 2.75) is 39.2 Å². The number of rotatable bonds is 7. The summed E-state index contributed by atoms with van der Waals surface area (Å²) in [6.45, 7) is 3.98. The van der Waals surface area contributed by atoms with E-state index in [0.717, 1.165) is 12.0 Å². The minimum absolute atomic E-state index is 0.0858. The third-order valence-corrected chi connectivity index (χ3v) is 4.94. The van der Waals surface area contributed by atoms with E-state index in [1.807, 2.05) is 38.1 Å². The summed E-state index contributed by atoms with van der Waals surface area (Å²) in [5.41, 5.74) is 2.18. The molecule has 1 atom stereocenters. The van der Waals surface area contributed by atoms with Crippen molar-refractivity contribution in [3.8, 4) is 0 Å². The highest BCUT2D eigenvalue weighted by Crippen LogP contribution is 2.20. The van der Waals surface area contributed by atoms with Crippen molar-refractivity contribution >= 4 is 28.3 Å². The van der Waals surface area contributed by atoms with Crippen LogP contribution in [0.4, 0.5) is 5.69 Å². The summed E-state index contributed by atoms with van der Waals surface area (Å²) in [6, 6.07) is 21.5. The van der Waals surface area contributed by atoms with Crippen molar-refractivity contribution in [3.05, 3.63) is 77.9 Å². The summed E-state index contributed by atoms with van der Waals surface area (Å²) >= 11 is 0. The Balaban J connectivity index is 1.68. The van der Waals surface area contributed by atoms with Crippen LogP contribution in [0.25, 0.3) is 10.8 Å². The Morgan fingerprint density at radius 1 is 0.929 bits per heavy atom. The van der Waals surface area contributed by atoms with E-state index >= 15 is 0 Å². The Hall–Kier alpha value is -3.14. The number of hydrogen-bond donors (Lipinski definition) is 2. The number of nitrogens with one attached hydrogen (secondary N) is 2. The van der Waals surface area contributed by atoms with Gasteiger partial charge in [-0.1, -0.05) is 61.5 Å². The molecule has 0 aliphatic carbocycles. The molecule has 28 heavy (non-hydrogen) atoms. The maximum atomic E-state index is 12.5. The second-order valence-corrected chi connectivity index (χ2v) is 7.01. The lowest BCUT2D eigenvalue weighted by molar-refractivity contribution is -0.116. The Labute approximate surface area is 166 Å². The average Bonchev–Trinajstić information content (AvgIpc) is 2.72. The summed E-state index contributed by atoms with van der Waals surface area (Å²) in [5, 5.41) is 8.19. The van der Waals surface area contributed by atoms with Crippen molar-refractivity contribution < 1.29 is 9.59 Å². The Kier molecular flexibility index (Phi) is 6.43. The van der Waals surface area contributed by atoms with Gasteiger partial charge < -0.3 is 10.6 Å². The van der Waals surface area contributed by atoms with Gasteiger partial charge in [0.2, 0.25) is 5.91 Å². The highest BCUT2D eigenvalue weighted by atomic mass is 16.2. The van der Waals surface area contributed by atoms with Gasteiger partial charge in [0.15, 0.2) is 0 Å². The van der Waals surface area contributed by atoms with Crippen LogP contribution in [-0.4, -0.2) is 17.9 Å². The zero-order valence-corrected chi connectivity index (χ0v) is 16.4. The van der Waals surface area contributed by atoms with Gasteiger partial charge in [0.05, 0.1) is 11.3 Å². The first kappa shape index (κ1) is 19.6. The summed E-state index contributed by atoms with van der Waals surface area (Å²) < 4.78 is 0. The lowest BCUT2D eigenvalue weighted by Gasteiger charge is -2.15. The summed E-state index contributed by atoms with van der Waals surface area (Å²) in [4.78, 5) is 25.0. The number of benzene rings is 3. The highest BCUT2D eigenvalue weighted by Gasteiger charge is 2.14. The number of hydrogen-bond acceptors (Lipinski definition) is 2. The smallest absolute Gasteiger partial charge is 0.253 e. The molecule has 3 aromatic carbocycles. The fourth-order valence-electron chi connectivity index (χ4n) is 3.17. The maximum Gasteiger partial charge on any atom is 0.253 e. The fourth-order valence-corrected chi connectivity index (χ4v) is 3.17. The van der Waals surface area contributed by atoms with Crippen LogP contribution in [0.15, 0.2) is 66.7 Å². The quantitative estimate of drug-likeness (QED) is 0.615. The van der Waals surface area contributed by atoms with E-state index in [1.54, 1.807) is 18.2 Å². The van der Waals surface area contributed by atoms with Gasteiger partial charge in [-0.25, -0.2) is 0 Å². The number of carbonyl (C=O) groups excluding carboxylic acids is 2. The number of carbonyl (C=O) groups is 2. The molecule has 1 unspecified atom stereocenters. The molecule has 0 aromatic heterocycles. The molecule has 0 saturated heterocycles.